The average Bonchev–Trinajstić information content (AvgIpc) is 3.21. The molecule has 3 heteroatoms. The van der Waals surface area contributed by atoms with Gasteiger partial charge in [-0.2, -0.15) is 0 Å². The second kappa shape index (κ2) is 6.28. The summed E-state index contributed by atoms with van der Waals surface area (Å²) in [6.07, 6.45) is 13.3. The summed E-state index contributed by atoms with van der Waals surface area (Å²) < 4.78 is 0. The van der Waals surface area contributed by atoms with E-state index in [-0.39, 0.29) is 5.54 Å². The van der Waals surface area contributed by atoms with Crippen LogP contribution in [0.3, 0.4) is 0 Å². The van der Waals surface area contributed by atoms with Crippen molar-refractivity contribution in [2.24, 2.45) is 11.8 Å². The van der Waals surface area contributed by atoms with Gasteiger partial charge in [0.15, 0.2) is 0 Å². The van der Waals surface area contributed by atoms with Crippen LogP contribution < -0.4 is 5.32 Å². The molecule has 3 rings (SSSR count). The molecule has 1 aliphatic heterocycles. The number of nitrogens with one attached hydrogen (secondary N) is 1. The molecule has 2 saturated carbocycles. The van der Waals surface area contributed by atoms with E-state index in [0.717, 1.165) is 18.9 Å². The van der Waals surface area contributed by atoms with E-state index in [4.69, 9.17) is 0 Å². The quantitative estimate of drug-likeness (QED) is 0.838. The third-order valence-electron chi connectivity index (χ3n) is 6.34. The van der Waals surface area contributed by atoms with Crippen molar-refractivity contribution in [3.63, 3.8) is 0 Å². The van der Waals surface area contributed by atoms with Crippen molar-refractivity contribution in [3.8, 4) is 0 Å². The summed E-state index contributed by atoms with van der Waals surface area (Å²) in [7, 11) is 0. The van der Waals surface area contributed by atoms with Gasteiger partial charge < -0.3 is 4.90 Å². The molecule has 0 aromatic carbocycles. The zero-order chi connectivity index (χ0) is 14.9. The van der Waals surface area contributed by atoms with Crippen molar-refractivity contribution in [2.45, 2.75) is 89.8 Å². The third-order valence-corrected chi connectivity index (χ3v) is 6.34. The fourth-order valence-corrected chi connectivity index (χ4v) is 4.67. The highest BCUT2D eigenvalue weighted by Gasteiger charge is 2.49. The van der Waals surface area contributed by atoms with Gasteiger partial charge in [0.1, 0.15) is 0 Å². The van der Waals surface area contributed by atoms with E-state index in [1.165, 1.54) is 57.8 Å². The minimum Gasteiger partial charge on any atom is -0.325 e. The molecule has 2 aliphatic carbocycles. The Morgan fingerprint density at radius 1 is 1.14 bits per heavy atom. The topological polar surface area (TPSA) is 32.3 Å². The number of amides is 1. The van der Waals surface area contributed by atoms with Crippen molar-refractivity contribution in [1.29, 1.82) is 0 Å². The van der Waals surface area contributed by atoms with E-state index < -0.39 is 0 Å². The fourth-order valence-electron chi connectivity index (χ4n) is 4.67. The van der Waals surface area contributed by atoms with E-state index in [9.17, 15) is 4.79 Å². The third kappa shape index (κ3) is 2.99. The lowest BCUT2D eigenvalue weighted by Crippen LogP contribution is -2.45. The lowest BCUT2D eigenvalue weighted by atomic mass is 9.99. The van der Waals surface area contributed by atoms with E-state index in [0.29, 0.717) is 18.0 Å². The highest BCUT2D eigenvalue weighted by molar-refractivity contribution is 5.88. The van der Waals surface area contributed by atoms with Gasteiger partial charge in [-0.3, -0.25) is 10.1 Å². The molecule has 1 amide bonds. The molecule has 0 spiro atoms. The molecule has 120 valence electrons. The van der Waals surface area contributed by atoms with Crippen LogP contribution in [-0.4, -0.2) is 29.1 Å². The standard InChI is InChI=1S/C18H32N2O/c1-3-18(2)17(21)20(13-12-14-8-4-5-9-14)16(19-18)15-10-6-7-11-15/h14-16,19H,3-13H2,1-2H3. The van der Waals surface area contributed by atoms with Gasteiger partial charge in [0.2, 0.25) is 5.91 Å². The van der Waals surface area contributed by atoms with Crippen LogP contribution in [0.1, 0.15) is 78.1 Å². The van der Waals surface area contributed by atoms with Gasteiger partial charge in [0.25, 0.3) is 0 Å². The number of carbonyl (C=O) groups is 1. The molecular formula is C18H32N2O. The van der Waals surface area contributed by atoms with Crippen LogP contribution in [0, 0.1) is 11.8 Å². The summed E-state index contributed by atoms with van der Waals surface area (Å²) in [6, 6.07) is 0. The second-order valence-corrected chi connectivity index (χ2v) is 7.76. The van der Waals surface area contributed by atoms with Crippen LogP contribution in [-0.2, 0) is 4.79 Å². The van der Waals surface area contributed by atoms with Crippen molar-refractivity contribution < 1.29 is 4.79 Å². The van der Waals surface area contributed by atoms with E-state index in [1.807, 2.05) is 0 Å². The first-order chi connectivity index (χ1) is 10.1. The number of hydrogen-bond acceptors (Lipinski definition) is 2. The van der Waals surface area contributed by atoms with Crippen LogP contribution >= 0.6 is 0 Å². The van der Waals surface area contributed by atoms with Crippen molar-refractivity contribution >= 4 is 5.91 Å². The molecule has 0 radical (unpaired) electrons. The molecule has 1 heterocycles. The molecule has 1 saturated heterocycles. The summed E-state index contributed by atoms with van der Waals surface area (Å²) >= 11 is 0. The van der Waals surface area contributed by atoms with E-state index >= 15 is 0 Å². The maximum atomic E-state index is 12.9. The predicted molar refractivity (Wildman–Crippen MR) is 85.9 cm³/mol. The minimum absolute atomic E-state index is 0.311. The number of carbonyl (C=O) groups excluding carboxylic acids is 1. The first-order valence-corrected chi connectivity index (χ1v) is 9.23. The second-order valence-electron chi connectivity index (χ2n) is 7.76. The number of hydrogen-bond donors (Lipinski definition) is 1. The summed E-state index contributed by atoms with van der Waals surface area (Å²) in [4.78, 5) is 15.1. The monoisotopic (exact) mass is 292 g/mol. The molecule has 3 nitrogen and oxygen atoms in total. The van der Waals surface area contributed by atoms with E-state index in [2.05, 4.69) is 24.1 Å². The molecule has 21 heavy (non-hydrogen) atoms. The lowest BCUT2D eigenvalue weighted by Gasteiger charge is -2.29. The van der Waals surface area contributed by atoms with Crippen LogP contribution in [0.15, 0.2) is 0 Å². The normalized spacial score (nSPS) is 35.2. The van der Waals surface area contributed by atoms with Crippen molar-refractivity contribution in [3.05, 3.63) is 0 Å². The summed E-state index contributed by atoms with van der Waals surface area (Å²) in [5.41, 5.74) is -0.317. The Balaban J connectivity index is 1.67. The molecule has 0 aromatic heterocycles. The largest absolute Gasteiger partial charge is 0.325 e. The summed E-state index contributed by atoms with van der Waals surface area (Å²) in [6.45, 7) is 5.22. The van der Waals surface area contributed by atoms with Gasteiger partial charge in [0.05, 0.1) is 11.7 Å². The Hall–Kier alpha value is -0.570. The first-order valence-electron chi connectivity index (χ1n) is 9.23. The van der Waals surface area contributed by atoms with E-state index in [1.54, 1.807) is 0 Å². The SMILES string of the molecule is CCC1(C)NC(C2CCCC2)N(CCC2CCCC2)C1=O. The highest BCUT2D eigenvalue weighted by Crippen LogP contribution is 2.36. The van der Waals surface area contributed by atoms with Crippen molar-refractivity contribution in [2.75, 3.05) is 6.54 Å². The smallest absolute Gasteiger partial charge is 0.243 e. The first kappa shape index (κ1) is 15.3. The number of nitrogens with zero attached hydrogens (tertiary/aromatic N) is 1. The molecular weight excluding hydrogens is 260 g/mol. The van der Waals surface area contributed by atoms with Gasteiger partial charge >= 0.3 is 0 Å². The molecule has 3 aliphatic rings. The molecule has 2 unspecified atom stereocenters. The van der Waals surface area contributed by atoms with Crippen LogP contribution in [0.4, 0.5) is 0 Å². The van der Waals surface area contributed by atoms with Crippen LogP contribution in [0.2, 0.25) is 0 Å². The minimum atomic E-state index is -0.317. The van der Waals surface area contributed by atoms with Crippen molar-refractivity contribution in [1.82, 2.24) is 10.2 Å². The molecule has 3 fully saturated rings. The fraction of sp³-hybridized carbons (Fsp3) is 0.944. The van der Waals surface area contributed by atoms with Crippen LogP contribution in [0.5, 0.6) is 0 Å². The van der Waals surface area contributed by atoms with Gasteiger partial charge in [-0.25, -0.2) is 0 Å². The Morgan fingerprint density at radius 2 is 1.76 bits per heavy atom. The summed E-state index contributed by atoms with van der Waals surface area (Å²) in [5.74, 6) is 1.92. The molecule has 1 N–H and O–H groups in total. The van der Waals surface area contributed by atoms with Gasteiger partial charge in [0, 0.05) is 6.54 Å². The maximum Gasteiger partial charge on any atom is 0.243 e. The average molecular weight is 292 g/mol. The molecule has 0 bridgehead atoms. The van der Waals surface area contributed by atoms with Gasteiger partial charge in [-0.05, 0) is 44.4 Å². The van der Waals surface area contributed by atoms with Crippen LogP contribution in [0.25, 0.3) is 0 Å². The number of rotatable bonds is 5. The Bertz CT molecular complexity index is 371. The summed E-state index contributed by atoms with van der Waals surface area (Å²) in [5, 5.41) is 3.71. The lowest BCUT2D eigenvalue weighted by molar-refractivity contribution is -0.133. The van der Waals surface area contributed by atoms with Gasteiger partial charge in [-0.15, -0.1) is 0 Å². The highest BCUT2D eigenvalue weighted by atomic mass is 16.2. The Kier molecular flexibility index (Phi) is 4.58. The Morgan fingerprint density at radius 3 is 2.38 bits per heavy atom. The molecule has 2 atom stereocenters. The zero-order valence-electron chi connectivity index (χ0n) is 13.9. The zero-order valence-corrected chi connectivity index (χ0v) is 13.9. The predicted octanol–water partition coefficient (Wildman–Crippen LogP) is 3.68. The Labute approximate surface area is 129 Å². The van der Waals surface area contributed by atoms with Gasteiger partial charge in [-0.1, -0.05) is 45.4 Å². The molecule has 0 aromatic rings. The maximum absolute atomic E-state index is 12.9.